The van der Waals surface area contributed by atoms with Gasteiger partial charge in [0.1, 0.15) is 0 Å². The SMILES string of the molecule is CC(C)CC1(C(=O)N(CCBr)C2CCCCC2)CCCC1. The van der Waals surface area contributed by atoms with Crippen LogP contribution in [0.25, 0.3) is 0 Å². The molecule has 0 N–H and O–H groups in total. The number of halogens is 1. The van der Waals surface area contributed by atoms with Crippen LogP contribution in [0.2, 0.25) is 0 Å². The van der Waals surface area contributed by atoms with E-state index in [0.29, 0.717) is 17.9 Å². The Hall–Kier alpha value is -0.0500. The van der Waals surface area contributed by atoms with Gasteiger partial charge < -0.3 is 4.90 Å². The lowest BCUT2D eigenvalue weighted by Crippen LogP contribution is -2.49. The number of carbonyl (C=O) groups is 1. The van der Waals surface area contributed by atoms with E-state index < -0.39 is 0 Å². The van der Waals surface area contributed by atoms with E-state index in [4.69, 9.17) is 0 Å². The minimum Gasteiger partial charge on any atom is -0.338 e. The third-order valence-electron chi connectivity index (χ3n) is 5.42. The van der Waals surface area contributed by atoms with Gasteiger partial charge in [-0.2, -0.15) is 0 Å². The van der Waals surface area contributed by atoms with Crippen LogP contribution in [-0.4, -0.2) is 28.7 Å². The lowest BCUT2D eigenvalue weighted by molar-refractivity contribution is -0.145. The van der Waals surface area contributed by atoms with Crippen LogP contribution in [-0.2, 0) is 4.79 Å². The van der Waals surface area contributed by atoms with Crippen molar-refractivity contribution in [1.29, 1.82) is 0 Å². The molecule has 0 aromatic rings. The molecule has 0 spiro atoms. The van der Waals surface area contributed by atoms with Gasteiger partial charge in [-0.05, 0) is 38.0 Å². The Morgan fingerprint density at radius 3 is 2.29 bits per heavy atom. The summed E-state index contributed by atoms with van der Waals surface area (Å²) >= 11 is 3.57. The quantitative estimate of drug-likeness (QED) is 0.602. The summed E-state index contributed by atoms with van der Waals surface area (Å²) in [4.78, 5) is 15.7. The third-order valence-corrected chi connectivity index (χ3v) is 5.77. The maximum Gasteiger partial charge on any atom is 0.229 e. The van der Waals surface area contributed by atoms with Crippen molar-refractivity contribution in [3.8, 4) is 0 Å². The van der Waals surface area contributed by atoms with E-state index in [-0.39, 0.29) is 5.41 Å². The normalized spacial score (nSPS) is 22.7. The fraction of sp³-hybridized carbons (Fsp3) is 0.944. The van der Waals surface area contributed by atoms with Crippen LogP contribution in [0.3, 0.4) is 0 Å². The lowest BCUT2D eigenvalue weighted by Gasteiger charge is -2.41. The fourth-order valence-corrected chi connectivity index (χ4v) is 4.96. The summed E-state index contributed by atoms with van der Waals surface area (Å²) in [5.41, 5.74) is -0.0339. The number of carbonyl (C=O) groups excluding carboxylic acids is 1. The topological polar surface area (TPSA) is 20.3 Å². The highest BCUT2D eigenvalue weighted by molar-refractivity contribution is 9.09. The Bertz CT molecular complexity index is 330. The summed E-state index contributed by atoms with van der Waals surface area (Å²) in [6.07, 6.45) is 12.2. The van der Waals surface area contributed by atoms with Crippen molar-refractivity contribution in [3.05, 3.63) is 0 Å². The van der Waals surface area contributed by atoms with Crippen LogP contribution in [0.4, 0.5) is 0 Å². The van der Waals surface area contributed by atoms with E-state index in [1.54, 1.807) is 0 Å². The van der Waals surface area contributed by atoms with E-state index in [1.165, 1.54) is 44.9 Å². The first-order chi connectivity index (χ1) is 10.1. The number of hydrogen-bond donors (Lipinski definition) is 0. The monoisotopic (exact) mass is 357 g/mol. The summed E-state index contributed by atoms with van der Waals surface area (Å²) in [6, 6.07) is 0.508. The van der Waals surface area contributed by atoms with Crippen molar-refractivity contribution < 1.29 is 4.79 Å². The van der Waals surface area contributed by atoms with Gasteiger partial charge in [0, 0.05) is 23.3 Å². The molecule has 2 aliphatic rings. The zero-order chi connectivity index (χ0) is 15.3. The molecule has 0 unspecified atom stereocenters. The molecule has 1 amide bonds. The van der Waals surface area contributed by atoms with Gasteiger partial charge >= 0.3 is 0 Å². The standard InChI is InChI=1S/C18H32BrNO/c1-15(2)14-18(10-6-7-11-18)17(21)20(13-12-19)16-8-4-3-5-9-16/h15-16H,3-14H2,1-2H3. The van der Waals surface area contributed by atoms with E-state index in [0.717, 1.165) is 31.1 Å². The van der Waals surface area contributed by atoms with Gasteiger partial charge in [-0.25, -0.2) is 0 Å². The molecule has 0 aromatic carbocycles. The molecule has 0 aromatic heterocycles. The molecular weight excluding hydrogens is 326 g/mol. The van der Waals surface area contributed by atoms with Gasteiger partial charge in [0.2, 0.25) is 5.91 Å². The van der Waals surface area contributed by atoms with E-state index in [1.807, 2.05) is 0 Å². The summed E-state index contributed by atoms with van der Waals surface area (Å²) in [5.74, 6) is 1.10. The molecule has 2 aliphatic carbocycles. The van der Waals surface area contributed by atoms with Gasteiger partial charge in [0.25, 0.3) is 0 Å². The van der Waals surface area contributed by atoms with E-state index in [2.05, 4.69) is 34.7 Å². The molecule has 3 heteroatoms. The van der Waals surface area contributed by atoms with Crippen LogP contribution in [0, 0.1) is 11.3 Å². The Morgan fingerprint density at radius 2 is 1.76 bits per heavy atom. The fourth-order valence-electron chi connectivity index (χ4n) is 4.58. The highest BCUT2D eigenvalue weighted by Gasteiger charge is 2.44. The lowest BCUT2D eigenvalue weighted by atomic mass is 9.76. The molecule has 0 saturated heterocycles. The molecular formula is C18H32BrNO. The van der Waals surface area contributed by atoms with Crippen LogP contribution in [0.5, 0.6) is 0 Å². The van der Waals surface area contributed by atoms with Gasteiger partial charge in [-0.15, -0.1) is 0 Å². The second-order valence-electron chi connectivity index (χ2n) is 7.56. The average Bonchev–Trinajstić information content (AvgIpc) is 2.94. The van der Waals surface area contributed by atoms with Crippen LogP contribution in [0.15, 0.2) is 0 Å². The van der Waals surface area contributed by atoms with Crippen molar-refractivity contribution in [1.82, 2.24) is 4.90 Å². The summed E-state index contributed by atoms with van der Waals surface area (Å²) in [7, 11) is 0. The van der Waals surface area contributed by atoms with E-state index in [9.17, 15) is 4.79 Å². The number of amides is 1. The number of alkyl halides is 1. The molecule has 2 nitrogen and oxygen atoms in total. The van der Waals surface area contributed by atoms with Crippen molar-refractivity contribution in [2.24, 2.45) is 11.3 Å². The summed E-state index contributed by atoms with van der Waals surface area (Å²) in [5, 5.41) is 0.910. The van der Waals surface area contributed by atoms with Gasteiger partial charge in [0.05, 0.1) is 0 Å². The number of hydrogen-bond acceptors (Lipinski definition) is 1. The molecule has 0 atom stereocenters. The maximum atomic E-state index is 13.4. The predicted octanol–water partition coefficient (Wildman–Crippen LogP) is 5.15. The van der Waals surface area contributed by atoms with Crippen molar-refractivity contribution in [3.63, 3.8) is 0 Å². The highest BCUT2D eigenvalue weighted by Crippen LogP contribution is 2.45. The first kappa shape index (κ1) is 17.3. The first-order valence-corrected chi connectivity index (χ1v) is 10.1. The summed E-state index contributed by atoms with van der Waals surface area (Å²) in [6.45, 7) is 5.43. The van der Waals surface area contributed by atoms with Crippen LogP contribution in [0.1, 0.15) is 78.1 Å². The number of nitrogens with zero attached hydrogens (tertiary/aromatic N) is 1. The summed E-state index contributed by atoms with van der Waals surface area (Å²) < 4.78 is 0. The average molecular weight is 358 g/mol. The molecule has 2 rings (SSSR count). The van der Waals surface area contributed by atoms with Crippen molar-refractivity contribution in [2.75, 3.05) is 11.9 Å². The Balaban J connectivity index is 2.14. The van der Waals surface area contributed by atoms with Crippen LogP contribution >= 0.6 is 15.9 Å². The third kappa shape index (κ3) is 4.24. The molecule has 0 aliphatic heterocycles. The minimum absolute atomic E-state index is 0.0339. The molecule has 2 fully saturated rings. The first-order valence-electron chi connectivity index (χ1n) is 8.96. The zero-order valence-corrected chi connectivity index (χ0v) is 15.5. The Morgan fingerprint density at radius 1 is 1.14 bits per heavy atom. The zero-order valence-electron chi connectivity index (χ0n) is 13.9. The smallest absolute Gasteiger partial charge is 0.229 e. The second-order valence-corrected chi connectivity index (χ2v) is 8.36. The van der Waals surface area contributed by atoms with Crippen molar-refractivity contribution >= 4 is 21.8 Å². The molecule has 0 bridgehead atoms. The van der Waals surface area contributed by atoms with Gasteiger partial charge in [-0.3, -0.25) is 4.79 Å². The van der Waals surface area contributed by atoms with Crippen molar-refractivity contribution in [2.45, 2.75) is 84.1 Å². The van der Waals surface area contributed by atoms with E-state index >= 15 is 0 Å². The minimum atomic E-state index is -0.0339. The largest absolute Gasteiger partial charge is 0.338 e. The second kappa shape index (κ2) is 7.99. The molecule has 21 heavy (non-hydrogen) atoms. The Kier molecular flexibility index (Phi) is 6.58. The molecule has 2 saturated carbocycles. The van der Waals surface area contributed by atoms with Crippen LogP contribution < -0.4 is 0 Å². The molecule has 122 valence electrons. The van der Waals surface area contributed by atoms with Gasteiger partial charge in [0.15, 0.2) is 0 Å². The molecule has 0 radical (unpaired) electrons. The highest BCUT2D eigenvalue weighted by atomic mass is 79.9. The van der Waals surface area contributed by atoms with Gasteiger partial charge in [-0.1, -0.05) is 61.9 Å². The predicted molar refractivity (Wildman–Crippen MR) is 92.7 cm³/mol. The maximum absolute atomic E-state index is 13.4. The molecule has 0 heterocycles. The Labute approximate surface area is 139 Å². The number of rotatable bonds is 6.